The second-order valence-corrected chi connectivity index (χ2v) is 5.59. The summed E-state index contributed by atoms with van der Waals surface area (Å²) >= 11 is 0. The van der Waals surface area contributed by atoms with E-state index >= 15 is 0 Å². The third kappa shape index (κ3) is 3.43. The topological polar surface area (TPSA) is 113 Å². The number of hydrogen-bond acceptors (Lipinski definition) is 7. The summed E-state index contributed by atoms with van der Waals surface area (Å²) in [4.78, 5) is 27.9. The Kier molecular flexibility index (Phi) is 4.62. The summed E-state index contributed by atoms with van der Waals surface area (Å²) in [6.45, 7) is 3.50. The van der Waals surface area contributed by atoms with E-state index in [9.17, 15) is 4.79 Å². The van der Waals surface area contributed by atoms with Crippen LogP contribution in [0, 0.1) is 13.8 Å². The molecule has 8 heteroatoms. The van der Waals surface area contributed by atoms with Crippen LogP contribution in [0.2, 0.25) is 0 Å². The maximum atomic E-state index is 12.1. The minimum Gasteiger partial charge on any atom is -0.497 e. The van der Waals surface area contributed by atoms with E-state index in [1.165, 1.54) is 0 Å². The number of anilines is 2. The quantitative estimate of drug-likeness (QED) is 0.646. The summed E-state index contributed by atoms with van der Waals surface area (Å²) in [6.07, 6.45) is 0.266. The second kappa shape index (κ2) is 6.86. The molecule has 3 aromatic rings. The zero-order chi connectivity index (χ0) is 18.0. The van der Waals surface area contributed by atoms with Crippen molar-refractivity contribution >= 4 is 22.8 Å². The van der Waals surface area contributed by atoms with E-state index in [-0.39, 0.29) is 24.5 Å². The first-order valence-corrected chi connectivity index (χ1v) is 7.82. The van der Waals surface area contributed by atoms with Crippen LogP contribution in [0.3, 0.4) is 0 Å². The minimum atomic E-state index is -0.286. The normalized spacial score (nSPS) is 10.9. The van der Waals surface area contributed by atoms with Crippen LogP contribution in [0.5, 0.6) is 5.75 Å². The predicted octanol–water partition coefficient (Wildman–Crippen LogP) is 1.62. The number of rotatable bonds is 5. The number of aliphatic hydroxyl groups is 1. The highest BCUT2D eigenvalue weighted by Gasteiger charge is 2.10. The molecule has 0 unspecified atom stereocenters. The van der Waals surface area contributed by atoms with Gasteiger partial charge in [0.1, 0.15) is 5.75 Å². The van der Waals surface area contributed by atoms with Crippen molar-refractivity contribution in [2.45, 2.75) is 20.3 Å². The number of nitrogens with zero attached hydrogens (tertiary/aromatic N) is 3. The number of ether oxygens (including phenoxy) is 1. The average Bonchev–Trinajstić information content (AvgIpc) is 2.58. The van der Waals surface area contributed by atoms with E-state index < -0.39 is 0 Å². The lowest BCUT2D eigenvalue weighted by Crippen LogP contribution is -2.19. The molecule has 0 saturated heterocycles. The maximum absolute atomic E-state index is 12.1. The number of aryl methyl sites for hydroxylation is 2. The monoisotopic (exact) mass is 341 g/mol. The maximum Gasteiger partial charge on any atom is 0.255 e. The van der Waals surface area contributed by atoms with Gasteiger partial charge < -0.3 is 9.84 Å². The van der Waals surface area contributed by atoms with Gasteiger partial charge in [0.2, 0.25) is 11.9 Å². The Hall–Kier alpha value is -3.00. The molecule has 0 aliphatic rings. The van der Waals surface area contributed by atoms with Gasteiger partial charge in [-0.25, -0.2) is 15.0 Å². The van der Waals surface area contributed by atoms with Gasteiger partial charge in [-0.05, 0) is 32.0 Å². The highest BCUT2D eigenvalue weighted by molar-refractivity contribution is 5.83. The number of H-pyrrole nitrogens is 1. The number of aliphatic hydroxyl groups excluding tert-OH is 1. The van der Waals surface area contributed by atoms with Gasteiger partial charge in [0.05, 0.1) is 24.0 Å². The summed E-state index contributed by atoms with van der Waals surface area (Å²) < 4.78 is 5.22. The molecule has 25 heavy (non-hydrogen) atoms. The van der Waals surface area contributed by atoms with Crippen molar-refractivity contribution in [1.29, 1.82) is 0 Å². The van der Waals surface area contributed by atoms with Gasteiger partial charge in [0.15, 0.2) is 0 Å². The molecule has 3 rings (SSSR count). The van der Waals surface area contributed by atoms with Crippen LogP contribution >= 0.6 is 0 Å². The first-order valence-electron chi connectivity index (χ1n) is 7.82. The predicted molar refractivity (Wildman–Crippen MR) is 94.5 cm³/mol. The van der Waals surface area contributed by atoms with Crippen LogP contribution in [0.25, 0.3) is 10.9 Å². The molecule has 0 bridgehead atoms. The molecule has 130 valence electrons. The van der Waals surface area contributed by atoms with Crippen LogP contribution in [0.1, 0.15) is 17.0 Å². The van der Waals surface area contributed by atoms with Gasteiger partial charge in [0, 0.05) is 24.0 Å². The first-order chi connectivity index (χ1) is 12.0. The molecule has 0 aliphatic carbocycles. The van der Waals surface area contributed by atoms with Crippen LogP contribution in [-0.2, 0) is 6.42 Å². The molecule has 3 N–H and O–H groups in total. The number of aromatic amines is 1. The van der Waals surface area contributed by atoms with Crippen LogP contribution in [0.4, 0.5) is 11.9 Å². The lowest BCUT2D eigenvalue weighted by atomic mass is 10.2. The van der Waals surface area contributed by atoms with Crippen LogP contribution in [0.15, 0.2) is 23.0 Å². The first kappa shape index (κ1) is 16.8. The Morgan fingerprint density at radius 2 is 2.00 bits per heavy atom. The number of benzene rings is 1. The van der Waals surface area contributed by atoms with Crippen LogP contribution in [-0.4, -0.2) is 38.8 Å². The largest absolute Gasteiger partial charge is 0.497 e. The molecule has 0 amide bonds. The van der Waals surface area contributed by atoms with Gasteiger partial charge in [-0.3, -0.25) is 15.1 Å². The highest BCUT2D eigenvalue weighted by atomic mass is 16.5. The number of nitrogens with one attached hydrogen (secondary N) is 2. The Balaban J connectivity index is 1.97. The third-order valence-electron chi connectivity index (χ3n) is 3.91. The molecule has 0 saturated carbocycles. The Bertz CT molecular complexity index is 984. The van der Waals surface area contributed by atoms with Crippen molar-refractivity contribution in [3.05, 3.63) is 45.5 Å². The number of hydrogen-bond donors (Lipinski definition) is 3. The standard InChI is InChI=1S/C17H19N5O3/c1-9-12(6-7-23)15(24)21-17(18-9)22-16-19-10(2)13-8-11(25-3)4-5-14(13)20-16/h4-5,8,23H,6-7H2,1-3H3,(H2,18,19,20,21,22,24). The third-order valence-corrected chi connectivity index (χ3v) is 3.91. The van der Waals surface area contributed by atoms with E-state index in [1.807, 2.05) is 25.1 Å². The number of fused-ring (bicyclic) bond motifs is 1. The smallest absolute Gasteiger partial charge is 0.255 e. The SMILES string of the molecule is COc1ccc2nc(Nc3nc(C)c(CCO)c(=O)[nH]3)nc(C)c2c1. The average molecular weight is 341 g/mol. The molecule has 0 aliphatic heterocycles. The van der Waals surface area contributed by atoms with E-state index in [4.69, 9.17) is 9.84 Å². The van der Waals surface area contributed by atoms with E-state index in [2.05, 4.69) is 25.3 Å². The second-order valence-electron chi connectivity index (χ2n) is 5.59. The van der Waals surface area contributed by atoms with Crippen molar-refractivity contribution in [2.24, 2.45) is 0 Å². The molecule has 1 aromatic carbocycles. The molecular formula is C17H19N5O3. The van der Waals surface area contributed by atoms with Crippen molar-refractivity contribution < 1.29 is 9.84 Å². The van der Waals surface area contributed by atoms with E-state index in [0.29, 0.717) is 17.2 Å². The van der Waals surface area contributed by atoms with Crippen molar-refractivity contribution in [3.63, 3.8) is 0 Å². The molecule has 0 spiro atoms. The molecule has 0 radical (unpaired) electrons. The zero-order valence-electron chi connectivity index (χ0n) is 14.3. The lowest BCUT2D eigenvalue weighted by molar-refractivity contribution is 0.298. The summed E-state index contributed by atoms with van der Waals surface area (Å²) in [5.41, 5.74) is 2.28. The minimum absolute atomic E-state index is 0.102. The number of aromatic nitrogens is 4. The van der Waals surface area contributed by atoms with Crippen molar-refractivity contribution in [3.8, 4) is 5.75 Å². The van der Waals surface area contributed by atoms with E-state index in [1.54, 1.807) is 14.0 Å². The highest BCUT2D eigenvalue weighted by Crippen LogP contribution is 2.23. The van der Waals surface area contributed by atoms with Gasteiger partial charge >= 0.3 is 0 Å². The lowest BCUT2D eigenvalue weighted by Gasteiger charge is -2.10. The van der Waals surface area contributed by atoms with Gasteiger partial charge in [-0.1, -0.05) is 0 Å². The number of methoxy groups -OCH3 is 1. The van der Waals surface area contributed by atoms with Crippen molar-refractivity contribution in [2.75, 3.05) is 19.0 Å². The van der Waals surface area contributed by atoms with E-state index in [0.717, 1.165) is 22.3 Å². The fraction of sp³-hybridized carbons (Fsp3) is 0.294. The molecule has 2 heterocycles. The van der Waals surface area contributed by atoms with Gasteiger partial charge in [0.25, 0.3) is 5.56 Å². The van der Waals surface area contributed by atoms with Gasteiger partial charge in [-0.15, -0.1) is 0 Å². The van der Waals surface area contributed by atoms with Crippen LogP contribution < -0.4 is 15.6 Å². The summed E-state index contributed by atoms with van der Waals surface area (Å²) in [7, 11) is 1.61. The zero-order valence-corrected chi connectivity index (χ0v) is 14.3. The van der Waals surface area contributed by atoms with Crippen molar-refractivity contribution in [1.82, 2.24) is 19.9 Å². The molecular weight excluding hydrogens is 322 g/mol. The molecule has 0 fully saturated rings. The fourth-order valence-electron chi connectivity index (χ4n) is 2.63. The summed E-state index contributed by atoms with van der Waals surface area (Å²) in [5.74, 6) is 1.34. The molecule has 2 aromatic heterocycles. The summed E-state index contributed by atoms with van der Waals surface area (Å²) in [6, 6.07) is 5.55. The summed E-state index contributed by atoms with van der Waals surface area (Å²) in [5, 5.41) is 12.8. The molecule has 8 nitrogen and oxygen atoms in total. The Morgan fingerprint density at radius 1 is 1.20 bits per heavy atom. The Morgan fingerprint density at radius 3 is 2.68 bits per heavy atom. The molecule has 0 atom stereocenters. The van der Waals surface area contributed by atoms with Gasteiger partial charge in [-0.2, -0.15) is 0 Å². The fourth-order valence-corrected chi connectivity index (χ4v) is 2.63. The Labute approximate surface area is 143 Å².